The molecule has 0 aromatic heterocycles. The van der Waals surface area contributed by atoms with Gasteiger partial charge in [-0.3, -0.25) is 9.59 Å². The van der Waals surface area contributed by atoms with Crippen LogP contribution in [0.25, 0.3) is 11.1 Å². The molecule has 10 nitrogen and oxygen atoms in total. The van der Waals surface area contributed by atoms with E-state index >= 15 is 0 Å². The number of para-hydroxylation sites is 2. The number of hydrogen-bond donors (Lipinski definition) is 6. The van der Waals surface area contributed by atoms with Crippen molar-refractivity contribution in [3.8, 4) is 45.6 Å². The Bertz CT molecular complexity index is 1380. The average molecular weight is 547 g/mol. The first-order chi connectivity index (χ1) is 19.1. The van der Waals surface area contributed by atoms with E-state index in [1.54, 1.807) is 48.5 Å². The molecule has 0 saturated heterocycles. The molecule has 0 radical (unpaired) electrons. The summed E-state index contributed by atoms with van der Waals surface area (Å²) >= 11 is 0. The van der Waals surface area contributed by atoms with Crippen LogP contribution in [0.4, 0.5) is 0 Å². The van der Waals surface area contributed by atoms with Crippen LogP contribution in [-0.2, 0) is 9.59 Å². The Morgan fingerprint density at radius 1 is 0.550 bits per heavy atom. The molecule has 206 valence electrons. The van der Waals surface area contributed by atoms with Gasteiger partial charge in [-0.1, -0.05) is 36.4 Å². The van der Waals surface area contributed by atoms with Crippen molar-refractivity contribution in [3.05, 3.63) is 96.1 Å². The molecular weight excluding hydrogens is 520 g/mol. The van der Waals surface area contributed by atoms with Crippen LogP contribution in [0.1, 0.15) is 23.0 Å². The van der Waals surface area contributed by atoms with E-state index in [-0.39, 0.29) is 47.3 Å². The Balaban J connectivity index is 1.59. The molecule has 0 bridgehead atoms. The smallest absolute Gasteiger partial charge is 0.314 e. The fraction of sp³-hybridized carbons (Fsp3) is 0.133. The lowest BCUT2D eigenvalue weighted by Crippen LogP contribution is -2.20. The van der Waals surface area contributed by atoms with Gasteiger partial charge in [0.2, 0.25) is 0 Å². The molecule has 4 aromatic rings. The standard InChI is InChI=1S/C30H26O10/c31-19-9-17(10-20(32)13-19)25(29(35)36)15-39-27-7-3-1-5-23(27)24-6-2-4-8-28(24)40-16-26(30(37)38)18-11-21(33)14-22(34)12-18/h1-14,25-26,31-34H,15-16H2,(H,35,36)(H,37,38). The van der Waals surface area contributed by atoms with Crippen LogP contribution in [0, 0.1) is 0 Å². The number of aromatic hydroxyl groups is 4. The molecule has 2 atom stereocenters. The number of phenolic OH excluding ortho intramolecular Hbond substituents is 4. The molecule has 0 aliphatic rings. The highest BCUT2D eigenvalue weighted by Crippen LogP contribution is 2.38. The molecule has 10 heteroatoms. The molecule has 0 amide bonds. The second kappa shape index (κ2) is 12.0. The highest BCUT2D eigenvalue weighted by atomic mass is 16.5. The lowest BCUT2D eigenvalue weighted by atomic mass is 9.99. The SMILES string of the molecule is O=C(O)C(COc1ccccc1-c1ccccc1OCC(C(=O)O)c1cc(O)cc(O)c1)c1cc(O)cc(O)c1. The molecule has 6 N–H and O–H groups in total. The van der Waals surface area contributed by atoms with Crippen molar-refractivity contribution >= 4 is 11.9 Å². The van der Waals surface area contributed by atoms with Crippen LogP contribution in [0.2, 0.25) is 0 Å². The summed E-state index contributed by atoms with van der Waals surface area (Å²) in [5, 5.41) is 58.7. The normalized spacial score (nSPS) is 12.3. The highest BCUT2D eigenvalue weighted by Gasteiger charge is 2.25. The van der Waals surface area contributed by atoms with Gasteiger partial charge in [0, 0.05) is 23.3 Å². The van der Waals surface area contributed by atoms with E-state index in [0.29, 0.717) is 22.6 Å². The van der Waals surface area contributed by atoms with Crippen LogP contribution in [0.15, 0.2) is 84.9 Å². The third kappa shape index (κ3) is 6.54. The zero-order valence-corrected chi connectivity index (χ0v) is 21.0. The molecule has 4 aromatic carbocycles. The maximum absolute atomic E-state index is 12.0. The summed E-state index contributed by atoms with van der Waals surface area (Å²) in [6.45, 7) is -0.638. The van der Waals surface area contributed by atoms with Crippen LogP contribution >= 0.6 is 0 Å². The van der Waals surface area contributed by atoms with Gasteiger partial charge in [-0.25, -0.2) is 0 Å². The van der Waals surface area contributed by atoms with E-state index in [1.165, 1.54) is 24.3 Å². The number of phenols is 4. The number of carboxylic acid groups (broad SMARTS) is 2. The van der Waals surface area contributed by atoms with Crippen LogP contribution in [0.5, 0.6) is 34.5 Å². The molecule has 2 unspecified atom stereocenters. The summed E-state index contributed by atoms with van der Waals surface area (Å²) in [5.74, 6) is -5.33. The third-order valence-corrected chi connectivity index (χ3v) is 6.13. The second-order valence-corrected chi connectivity index (χ2v) is 8.96. The predicted molar refractivity (Wildman–Crippen MR) is 143 cm³/mol. The second-order valence-electron chi connectivity index (χ2n) is 8.96. The first-order valence-corrected chi connectivity index (χ1v) is 12.1. The third-order valence-electron chi connectivity index (χ3n) is 6.13. The monoisotopic (exact) mass is 546 g/mol. The fourth-order valence-electron chi connectivity index (χ4n) is 4.23. The highest BCUT2D eigenvalue weighted by molar-refractivity contribution is 5.79. The van der Waals surface area contributed by atoms with Crippen molar-refractivity contribution < 1.29 is 49.7 Å². The summed E-state index contributed by atoms with van der Waals surface area (Å²) in [5.41, 5.74) is 1.40. The maximum Gasteiger partial charge on any atom is 0.314 e. The van der Waals surface area contributed by atoms with Crippen LogP contribution in [0.3, 0.4) is 0 Å². The van der Waals surface area contributed by atoms with Crippen molar-refractivity contribution in [2.75, 3.05) is 13.2 Å². The van der Waals surface area contributed by atoms with Gasteiger partial charge in [-0.15, -0.1) is 0 Å². The molecular formula is C30H26O10. The Labute approximate surface area is 228 Å². The first-order valence-electron chi connectivity index (χ1n) is 12.1. The van der Waals surface area contributed by atoms with Crippen molar-refractivity contribution in [2.24, 2.45) is 0 Å². The van der Waals surface area contributed by atoms with Crippen molar-refractivity contribution in [1.82, 2.24) is 0 Å². The Kier molecular flexibility index (Phi) is 8.29. The average Bonchev–Trinajstić information content (AvgIpc) is 2.88. The first kappa shape index (κ1) is 27.6. The van der Waals surface area contributed by atoms with Gasteiger partial charge >= 0.3 is 11.9 Å². The lowest BCUT2D eigenvalue weighted by molar-refractivity contribution is -0.140. The van der Waals surface area contributed by atoms with Gasteiger partial charge in [0.1, 0.15) is 59.5 Å². The Hall–Kier alpha value is -5.38. The molecule has 0 saturated carbocycles. The Morgan fingerprint density at radius 3 is 1.20 bits per heavy atom. The van der Waals surface area contributed by atoms with E-state index in [4.69, 9.17) is 9.47 Å². The zero-order valence-electron chi connectivity index (χ0n) is 21.0. The number of hydrogen-bond acceptors (Lipinski definition) is 8. The molecule has 4 rings (SSSR count). The number of rotatable bonds is 11. The minimum absolute atomic E-state index is 0.156. The summed E-state index contributed by atoms with van der Waals surface area (Å²) in [4.78, 5) is 23.9. The summed E-state index contributed by atoms with van der Waals surface area (Å²) in [6.07, 6.45) is 0. The van der Waals surface area contributed by atoms with Gasteiger partial charge in [-0.05, 0) is 47.5 Å². The van der Waals surface area contributed by atoms with Gasteiger partial charge in [0.25, 0.3) is 0 Å². The number of carbonyl (C=O) groups is 2. The minimum atomic E-state index is -1.22. The predicted octanol–water partition coefficient (Wildman–Crippen LogP) is 4.67. The summed E-state index contributed by atoms with van der Waals surface area (Å²) < 4.78 is 11.8. The van der Waals surface area contributed by atoms with Gasteiger partial charge in [0.05, 0.1) is 0 Å². The quantitative estimate of drug-likeness (QED) is 0.155. The van der Waals surface area contributed by atoms with Crippen molar-refractivity contribution in [2.45, 2.75) is 11.8 Å². The van der Waals surface area contributed by atoms with Crippen molar-refractivity contribution in [1.29, 1.82) is 0 Å². The molecule has 0 spiro atoms. The van der Waals surface area contributed by atoms with E-state index in [0.717, 1.165) is 12.1 Å². The minimum Gasteiger partial charge on any atom is -0.508 e. The lowest BCUT2D eigenvalue weighted by Gasteiger charge is -2.19. The molecule has 0 aliphatic heterocycles. The largest absolute Gasteiger partial charge is 0.508 e. The van der Waals surface area contributed by atoms with Crippen LogP contribution in [-0.4, -0.2) is 55.8 Å². The molecule has 40 heavy (non-hydrogen) atoms. The fourth-order valence-corrected chi connectivity index (χ4v) is 4.23. The molecule has 0 fully saturated rings. The topological polar surface area (TPSA) is 174 Å². The van der Waals surface area contributed by atoms with Crippen LogP contribution < -0.4 is 9.47 Å². The van der Waals surface area contributed by atoms with Crippen molar-refractivity contribution in [3.63, 3.8) is 0 Å². The number of carboxylic acids is 2. The van der Waals surface area contributed by atoms with Gasteiger partial charge in [-0.2, -0.15) is 0 Å². The molecule has 0 heterocycles. The van der Waals surface area contributed by atoms with E-state index in [2.05, 4.69) is 0 Å². The maximum atomic E-state index is 12.0. The summed E-state index contributed by atoms with van der Waals surface area (Å²) in [7, 11) is 0. The van der Waals surface area contributed by atoms with E-state index in [9.17, 15) is 40.2 Å². The Morgan fingerprint density at radius 2 is 0.875 bits per heavy atom. The number of benzene rings is 4. The molecule has 0 aliphatic carbocycles. The van der Waals surface area contributed by atoms with Gasteiger partial charge < -0.3 is 40.1 Å². The zero-order chi connectivity index (χ0) is 28.8. The number of aliphatic carboxylic acids is 2. The number of ether oxygens (including phenoxy) is 2. The van der Waals surface area contributed by atoms with Gasteiger partial charge in [0.15, 0.2) is 0 Å². The summed E-state index contributed by atoms with van der Waals surface area (Å²) in [6, 6.07) is 20.8. The van der Waals surface area contributed by atoms with E-state index < -0.39 is 23.8 Å². The van der Waals surface area contributed by atoms with E-state index in [1.807, 2.05) is 0 Å².